The number of nitrogens with zero attached hydrogens (tertiary/aromatic N) is 1. The monoisotopic (exact) mass is 310 g/mol. The number of hydrogen-bond donors (Lipinski definition) is 1. The van der Waals surface area contributed by atoms with Crippen LogP contribution in [0.2, 0.25) is 0 Å². The van der Waals surface area contributed by atoms with Gasteiger partial charge in [0.05, 0.1) is 5.69 Å². The normalized spacial score (nSPS) is 15.5. The lowest BCUT2D eigenvalue weighted by atomic mass is 9.85. The third-order valence-corrected chi connectivity index (χ3v) is 4.51. The second kappa shape index (κ2) is 6.58. The Morgan fingerprint density at radius 2 is 2.17 bits per heavy atom. The molecule has 0 aromatic heterocycles. The molecule has 0 saturated heterocycles. The number of halogens is 1. The maximum Gasteiger partial charge on any atom is 0.0510 e. The van der Waals surface area contributed by atoms with Gasteiger partial charge in [-0.25, -0.2) is 0 Å². The zero-order valence-corrected chi connectivity index (χ0v) is 12.7. The van der Waals surface area contributed by atoms with Crippen molar-refractivity contribution in [2.24, 2.45) is 11.7 Å². The van der Waals surface area contributed by atoms with Gasteiger partial charge in [0.25, 0.3) is 0 Å². The minimum atomic E-state index is 0.714. The summed E-state index contributed by atoms with van der Waals surface area (Å²) >= 11 is 3.71. The molecular weight excluding hydrogens is 288 g/mol. The molecule has 18 heavy (non-hydrogen) atoms. The predicted molar refractivity (Wildman–Crippen MR) is 82.1 cm³/mol. The van der Waals surface area contributed by atoms with Crippen LogP contribution in [0, 0.1) is 5.92 Å². The Kier molecular flexibility index (Phi) is 5.07. The van der Waals surface area contributed by atoms with Crippen LogP contribution in [0.3, 0.4) is 0 Å². The van der Waals surface area contributed by atoms with Crippen molar-refractivity contribution in [2.45, 2.75) is 32.6 Å². The second-order valence-corrected chi connectivity index (χ2v) is 6.01. The standard InChI is InChI=1S/C15H23BrN2/c1-2-18(11-13-4-3-5-13)15-7-6-12(8-9-17)10-14(15)16/h6-7,10,13H,2-5,8-9,11,17H2,1H3. The van der Waals surface area contributed by atoms with Gasteiger partial charge in [-0.05, 0) is 72.3 Å². The summed E-state index contributed by atoms with van der Waals surface area (Å²) in [6.07, 6.45) is 5.17. The van der Waals surface area contributed by atoms with Crippen LogP contribution in [0.25, 0.3) is 0 Å². The molecule has 2 N–H and O–H groups in total. The zero-order chi connectivity index (χ0) is 13.0. The molecule has 1 fully saturated rings. The molecule has 1 aromatic rings. The maximum atomic E-state index is 5.60. The Labute approximate surface area is 119 Å². The molecule has 0 amide bonds. The Hall–Kier alpha value is -0.540. The fraction of sp³-hybridized carbons (Fsp3) is 0.600. The fourth-order valence-corrected chi connectivity index (χ4v) is 3.19. The summed E-state index contributed by atoms with van der Waals surface area (Å²) in [5, 5.41) is 0. The number of rotatable bonds is 6. The van der Waals surface area contributed by atoms with Gasteiger partial charge in [0.1, 0.15) is 0 Å². The quantitative estimate of drug-likeness (QED) is 0.870. The number of nitrogens with two attached hydrogens (primary N) is 1. The molecule has 0 heterocycles. The van der Waals surface area contributed by atoms with Crippen LogP contribution in [0.4, 0.5) is 5.69 Å². The van der Waals surface area contributed by atoms with Crippen molar-refractivity contribution in [2.75, 3.05) is 24.5 Å². The van der Waals surface area contributed by atoms with E-state index >= 15 is 0 Å². The number of benzene rings is 1. The van der Waals surface area contributed by atoms with E-state index in [2.05, 4.69) is 46.0 Å². The molecule has 1 saturated carbocycles. The lowest BCUT2D eigenvalue weighted by Gasteiger charge is -2.33. The highest BCUT2D eigenvalue weighted by Gasteiger charge is 2.21. The first kappa shape index (κ1) is 13.9. The molecule has 1 aromatic carbocycles. The van der Waals surface area contributed by atoms with Gasteiger partial charge < -0.3 is 10.6 Å². The largest absolute Gasteiger partial charge is 0.371 e. The average Bonchev–Trinajstić information content (AvgIpc) is 2.30. The molecule has 3 heteroatoms. The third kappa shape index (κ3) is 3.27. The molecule has 2 rings (SSSR count). The first-order valence-electron chi connectivity index (χ1n) is 6.98. The van der Waals surface area contributed by atoms with Crippen molar-refractivity contribution >= 4 is 21.6 Å². The van der Waals surface area contributed by atoms with E-state index in [1.54, 1.807) is 0 Å². The molecule has 0 bridgehead atoms. The van der Waals surface area contributed by atoms with Gasteiger partial charge in [-0.3, -0.25) is 0 Å². The van der Waals surface area contributed by atoms with E-state index in [9.17, 15) is 0 Å². The van der Waals surface area contributed by atoms with Crippen LogP contribution in [0.1, 0.15) is 31.7 Å². The average molecular weight is 311 g/mol. The Bertz CT molecular complexity index is 388. The summed E-state index contributed by atoms with van der Waals surface area (Å²) in [4.78, 5) is 2.49. The van der Waals surface area contributed by atoms with Crippen LogP contribution in [0.15, 0.2) is 22.7 Å². The van der Waals surface area contributed by atoms with Crippen LogP contribution in [-0.4, -0.2) is 19.6 Å². The van der Waals surface area contributed by atoms with Gasteiger partial charge in [-0.15, -0.1) is 0 Å². The van der Waals surface area contributed by atoms with E-state index in [0.717, 1.165) is 18.9 Å². The molecular formula is C15H23BrN2. The molecule has 0 spiro atoms. The van der Waals surface area contributed by atoms with Gasteiger partial charge in [0.2, 0.25) is 0 Å². The first-order chi connectivity index (χ1) is 8.74. The van der Waals surface area contributed by atoms with Crippen molar-refractivity contribution < 1.29 is 0 Å². The number of anilines is 1. The lowest BCUT2D eigenvalue weighted by Crippen LogP contribution is -2.32. The lowest BCUT2D eigenvalue weighted by molar-refractivity contribution is 0.318. The molecule has 0 unspecified atom stereocenters. The third-order valence-electron chi connectivity index (χ3n) is 3.87. The van der Waals surface area contributed by atoms with Crippen LogP contribution in [0.5, 0.6) is 0 Å². The van der Waals surface area contributed by atoms with Crippen LogP contribution >= 0.6 is 15.9 Å². The van der Waals surface area contributed by atoms with Crippen molar-refractivity contribution in [3.8, 4) is 0 Å². The van der Waals surface area contributed by atoms with Gasteiger partial charge in [-0.2, -0.15) is 0 Å². The summed E-state index contributed by atoms with van der Waals surface area (Å²) < 4.78 is 1.20. The van der Waals surface area contributed by atoms with E-state index in [1.807, 2.05) is 0 Å². The molecule has 0 atom stereocenters. The highest BCUT2D eigenvalue weighted by atomic mass is 79.9. The highest BCUT2D eigenvalue weighted by molar-refractivity contribution is 9.10. The van der Waals surface area contributed by atoms with E-state index < -0.39 is 0 Å². The van der Waals surface area contributed by atoms with Gasteiger partial charge in [-0.1, -0.05) is 12.5 Å². The smallest absolute Gasteiger partial charge is 0.0510 e. The van der Waals surface area contributed by atoms with Gasteiger partial charge in [0, 0.05) is 17.6 Å². The van der Waals surface area contributed by atoms with E-state index in [1.165, 1.54) is 41.5 Å². The Balaban J connectivity index is 2.09. The summed E-state index contributed by atoms with van der Waals surface area (Å²) in [5.74, 6) is 0.903. The van der Waals surface area contributed by atoms with Crippen LogP contribution in [-0.2, 0) is 6.42 Å². The van der Waals surface area contributed by atoms with E-state index in [4.69, 9.17) is 5.73 Å². The van der Waals surface area contributed by atoms with Crippen molar-refractivity contribution in [3.63, 3.8) is 0 Å². The minimum absolute atomic E-state index is 0.714. The first-order valence-corrected chi connectivity index (χ1v) is 7.77. The molecule has 100 valence electrons. The minimum Gasteiger partial charge on any atom is -0.371 e. The summed E-state index contributed by atoms with van der Waals surface area (Å²) in [6.45, 7) is 5.22. The Morgan fingerprint density at radius 1 is 1.39 bits per heavy atom. The second-order valence-electron chi connectivity index (χ2n) is 5.16. The zero-order valence-electron chi connectivity index (χ0n) is 11.2. The molecule has 1 aliphatic carbocycles. The predicted octanol–water partition coefficient (Wildman–Crippen LogP) is 3.58. The number of hydrogen-bond acceptors (Lipinski definition) is 2. The summed E-state index contributed by atoms with van der Waals surface area (Å²) in [6, 6.07) is 6.65. The summed E-state index contributed by atoms with van der Waals surface area (Å²) in [5.41, 5.74) is 8.24. The molecule has 0 aliphatic heterocycles. The van der Waals surface area contributed by atoms with Crippen molar-refractivity contribution in [1.29, 1.82) is 0 Å². The van der Waals surface area contributed by atoms with E-state index in [0.29, 0.717) is 6.54 Å². The molecule has 2 nitrogen and oxygen atoms in total. The van der Waals surface area contributed by atoms with Crippen molar-refractivity contribution in [1.82, 2.24) is 0 Å². The topological polar surface area (TPSA) is 29.3 Å². The van der Waals surface area contributed by atoms with Gasteiger partial charge in [0.15, 0.2) is 0 Å². The summed E-state index contributed by atoms with van der Waals surface area (Å²) in [7, 11) is 0. The molecule has 1 aliphatic rings. The molecule has 0 radical (unpaired) electrons. The highest BCUT2D eigenvalue weighted by Crippen LogP contribution is 2.32. The maximum absolute atomic E-state index is 5.60. The fourth-order valence-electron chi connectivity index (χ4n) is 2.51. The van der Waals surface area contributed by atoms with E-state index in [-0.39, 0.29) is 0 Å². The van der Waals surface area contributed by atoms with Crippen LogP contribution < -0.4 is 10.6 Å². The Morgan fingerprint density at radius 3 is 2.67 bits per heavy atom. The SMILES string of the molecule is CCN(CC1CCC1)c1ccc(CCN)cc1Br. The van der Waals surface area contributed by atoms with Crippen molar-refractivity contribution in [3.05, 3.63) is 28.2 Å². The van der Waals surface area contributed by atoms with Gasteiger partial charge >= 0.3 is 0 Å².